The van der Waals surface area contributed by atoms with Gasteiger partial charge in [-0.1, -0.05) is 6.92 Å². The molecule has 3 N–H and O–H groups in total. The van der Waals surface area contributed by atoms with E-state index < -0.39 is 6.23 Å². The van der Waals surface area contributed by atoms with Crippen molar-refractivity contribution >= 4 is 0 Å². The van der Waals surface area contributed by atoms with E-state index in [2.05, 4.69) is 5.32 Å². The van der Waals surface area contributed by atoms with Gasteiger partial charge in [-0.25, -0.2) is 0 Å². The third-order valence-corrected chi connectivity index (χ3v) is 1.27. The Balaban J connectivity index is 3.00. The van der Waals surface area contributed by atoms with Gasteiger partial charge in [0.2, 0.25) is 0 Å². The van der Waals surface area contributed by atoms with Gasteiger partial charge in [-0.2, -0.15) is 0 Å². The van der Waals surface area contributed by atoms with E-state index in [9.17, 15) is 0 Å². The molecule has 0 amide bonds. The van der Waals surface area contributed by atoms with Crippen molar-refractivity contribution in [3.05, 3.63) is 0 Å². The van der Waals surface area contributed by atoms with Crippen LogP contribution in [-0.4, -0.2) is 29.6 Å². The molecular weight excluding hydrogens is 130 g/mol. The maximum atomic E-state index is 9.09. The first-order chi connectivity index (χ1) is 4.81. The second kappa shape index (κ2) is 6.99. The quantitative estimate of drug-likeness (QED) is 0.466. The van der Waals surface area contributed by atoms with E-state index in [1.807, 2.05) is 6.92 Å². The van der Waals surface area contributed by atoms with Crippen molar-refractivity contribution in [2.75, 3.05) is 13.2 Å². The van der Waals surface area contributed by atoms with Crippen LogP contribution in [0.3, 0.4) is 0 Å². The molecule has 0 aliphatic heterocycles. The van der Waals surface area contributed by atoms with Gasteiger partial charge in [-0.05, 0) is 25.8 Å². The van der Waals surface area contributed by atoms with E-state index in [0.717, 1.165) is 13.0 Å². The van der Waals surface area contributed by atoms with Gasteiger partial charge in [0.25, 0.3) is 0 Å². The molecule has 0 aliphatic rings. The summed E-state index contributed by atoms with van der Waals surface area (Å²) >= 11 is 0. The number of aliphatic hydroxyl groups is 2. The molecule has 3 heteroatoms. The second-order valence-electron chi connectivity index (χ2n) is 2.34. The first-order valence-corrected chi connectivity index (χ1v) is 3.83. The average molecular weight is 147 g/mol. The lowest BCUT2D eigenvalue weighted by Crippen LogP contribution is -2.29. The van der Waals surface area contributed by atoms with Crippen LogP contribution in [0.4, 0.5) is 0 Å². The van der Waals surface area contributed by atoms with Crippen LogP contribution in [0.5, 0.6) is 0 Å². The Morgan fingerprint density at radius 2 is 2.20 bits per heavy atom. The smallest absolute Gasteiger partial charge is 0.104 e. The third kappa shape index (κ3) is 6.01. The largest absolute Gasteiger partial charge is 0.396 e. The van der Waals surface area contributed by atoms with Crippen molar-refractivity contribution in [2.45, 2.75) is 32.4 Å². The maximum absolute atomic E-state index is 9.09. The summed E-state index contributed by atoms with van der Waals surface area (Å²) in [6.45, 7) is 3.04. The highest BCUT2D eigenvalue weighted by molar-refractivity contribution is 4.51. The van der Waals surface area contributed by atoms with Gasteiger partial charge in [-0.3, -0.25) is 5.32 Å². The topological polar surface area (TPSA) is 52.5 Å². The highest BCUT2D eigenvalue weighted by Crippen LogP contribution is 1.91. The Morgan fingerprint density at radius 3 is 2.70 bits per heavy atom. The summed E-state index contributed by atoms with van der Waals surface area (Å²) in [5, 5.41) is 20.4. The number of hydrogen-bond donors (Lipinski definition) is 3. The van der Waals surface area contributed by atoms with Crippen LogP contribution in [0.15, 0.2) is 0 Å². The highest BCUT2D eigenvalue weighted by Gasteiger charge is 1.99. The van der Waals surface area contributed by atoms with Gasteiger partial charge in [0.1, 0.15) is 6.23 Å². The predicted molar refractivity (Wildman–Crippen MR) is 40.6 cm³/mol. The molecule has 1 unspecified atom stereocenters. The Morgan fingerprint density at radius 1 is 1.50 bits per heavy atom. The van der Waals surface area contributed by atoms with Gasteiger partial charge in [-0.15, -0.1) is 0 Å². The van der Waals surface area contributed by atoms with E-state index in [1.54, 1.807) is 0 Å². The summed E-state index contributed by atoms with van der Waals surface area (Å²) in [6, 6.07) is 0. The molecule has 0 bridgehead atoms. The molecule has 0 rings (SSSR count). The number of hydrogen-bond acceptors (Lipinski definition) is 3. The van der Waals surface area contributed by atoms with Crippen LogP contribution < -0.4 is 5.32 Å². The molecule has 0 saturated carbocycles. The fourth-order valence-electron chi connectivity index (χ4n) is 0.698. The zero-order valence-corrected chi connectivity index (χ0v) is 6.51. The van der Waals surface area contributed by atoms with E-state index in [0.29, 0.717) is 12.8 Å². The number of aliphatic hydroxyl groups excluding tert-OH is 2. The Kier molecular flexibility index (Phi) is 6.91. The normalized spacial score (nSPS) is 13.5. The molecule has 0 aliphatic carbocycles. The van der Waals surface area contributed by atoms with Gasteiger partial charge in [0, 0.05) is 6.61 Å². The van der Waals surface area contributed by atoms with Crippen LogP contribution in [0.1, 0.15) is 26.2 Å². The van der Waals surface area contributed by atoms with Crippen molar-refractivity contribution in [1.29, 1.82) is 0 Å². The molecule has 0 saturated heterocycles. The van der Waals surface area contributed by atoms with Gasteiger partial charge < -0.3 is 10.2 Å². The lowest BCUT2D eigenvalue weighted by Gasteiger charge is -2.10. The fraction of sp³-hybridized carbons (Fsp3) is 1.00. The minimum atomic E-state index is -0.438. The van der Waals surface area contributed by atoms with Crippen molar-refractivity contribution in [3.63, 3.8) is 0 Å². The Labute approximate surface area is 62.1 Å². The summed E-state index contributed by atoms with van der Waals surface area (Å²) in [5.41, 5.74) is 0. The lowest BCUT2D eigenvalue weighted by atomic mass is 10.3. The Bertz CT molecular complexity index is 60.6. The standard InChI is InChI=1S/C7H17NO2/c1-2-5-8-7(10)4-3-6-9/h7-10H,2-6H2,1H3. The third-order valence-electron chi connectivity index (χ3n) is 1.27. The highest BCUT2D eigenvalue weighted by atomic mass is 16.3. The summed E-state index contributed by atoms with van der Waals surface area (Å²) in [6.07, 6.45) is 1.89. The molecule has 1 atom stereocenters. The minimum absolute atomic E-state index is 0.158. The van der Waals surface area contributed by atoms with E-state index in [1.165, 1.54) is 0 Å². The monoisotopic (exact) mass is 147 g/mol. The van der Waals surface area contributed by atoms with Crippen molar-refractivity contribution in [1.82, 2.24) is 5.32 Å². The van der Waals surface area contributed by atoms with Crippen LogP contribution >= 0.6 is 0 Å². The Hall–Kier alpha value is -0.120. The zero-order valence-electron chi connectivity index (χ0n) is 6.51. The van der Waals surface area contributed by atoms with Crippen LogP contribution in [0.25, 0.3) is 0 Å². The molecule has 0 heterocycles. The molecule has 0 aromatic rings. The van der Waals surface area contributed by atoms with Gasteiger partial charge in [0.15, 0.2) is 0 Å². The second-order valence-corrected chi connectivity index (χ2v) is 2.34. The predicted octanol–water partition coefficient (Wildman–Crippen LogP) is 0.0769. The molecule has 0 aromatic carbocycles. The molecule has 0 spiro atoms. The molecular formula is C7H17NO2. The number of rotatable bonds is 6. The van der Waals surface area contributed by atoms with Crippen LogP contribution in [0, 0.1) is 0 Å². The van der Waals surface area contributed by atoms with Crippen LogP contribution in [-0.2, 0) is 0 Å². The fourth-order valence-corrected chi connectivity index (χ4v) is 0.698. The molecule has 10 heavy (non-hydrogen) atoms. The minimum Gasteiger partial charge on any atom is -0.396 e. The first-order valence-electron chi connectivity index (χ1n) is 3.83. The summed E-state index contributed by atoms with van der Waals surface area (Å²) < 4.78 is 0. The van der Waals surface area contributed by atoms with Gasteiger partial charge in [0.05, 0.1) is 0 Å². The zero-order chi connectivity index (χ0) is 7.82. The molecule has 62 valence electrons. The summed E-state index contributed by atoms with van der Waals surface area (Å²) in [5.74, 6) is 0. The van der Waals surface area contributed by atoms with E-state index >= 15 is 0 Å². The molecule has 3 nitrogen and oxygen atoms in total. The van der Waals surface area contributed by atoms with Crippen molar-refractivity contribution < 1.29 is 10.2 Å². The summed E-state index contributed by atoms with van der Waals surface area (Å²) in [7, 11) is 0. The van der Waals surface area contributed by atoms with E-state index in [-0.39, 0.29) is 6.61 Å². The lowest BCUT2D eigenvalue weighted by molar-refractivity contribution is 0.117. The SMILES string of the molecule is CCCNC(O)CCCO. The van der Waals surface area contributed by atoms with E-state index in [4.69, 9.17) is 10.2 Å². The first kappa shape index (κ1) is 9.88. The average Bonchev–Trinajstić information content (AvgIpc) is 1.97. The van der Waals surface area contributed by atoms with Crippen LogP contribution in [0.2, 0.25) is 0 Å². The molecule has 0 radical (unpaired) electrons. The molecule has 0 fully saturated rings. The van der Waals surface area contributed by atoms with Gasteiger partial charge >= 0.3 is 0 Å². The summed E-state index contributed by atoms with van der Waals surface area (Å²) in [4.78, 5) is 0. The van der Waals surface area contributed by atoms with Crippen molar-refractivity contribution in [2.24, 2.45) is 0 Å². The van der Waals surface area contributed by atoms with Crippen molar-refractivity contribution in [3.8, 4) is 0 Å². The number of nitrogens with one attached hydrogen (secondary N) is 1. The molecule has 0 aromatic heterocycles. The maximum Gasteiger partial charge on any atom is 0.104 e.